The standard InChI is InChI=1S/C12H16FN3O3.ClH/c13-9-1-2-10(11(7-9)16(18)19)12(8-17)15-5-3-14-4-6-15;/h1-2,7,12,14,17H,3-6,8H2;1H/t12-;/m1./s1. The first-order chi connectivity index (χ1) is 9.13. The highest BCUT2D eigenvalue weighted by Crippen LogP contribution is 2.29. The Morgan fingerprint density at radius 3 is 2.65 bits per heavy atom. The minimum atomic E-state index is -0.646. The summed E-state index contributed by atoms with van der Waals surface area (Å²) >= 11 is 0. The molecule has 2 rings (SSSR count). The third kappa shape index (κ3) is 3.63. The van der Waals surface area contributed by atoms with Crippen LogP contribution in [-0.4, -0.2) is 47.7 Å². The molecule has 1 heterocycles. The Balaban J connectivity index is 0.00000200. The van der Waals surface area contributed by atoms with Crippen LogP contribution in [0.1, 0.15) is 11.6 Å². The largest absolute Gasteiger partial charge is 0.394 e. The second-order valence-corrected chi connectivity index (χ2v) is 4.44. The zero-order valence-corrected chi connectivity index (χ0v) is 11.6. The molecule has 0 unspecified atom stereocenters. The topological polar surface area (TPSA) is 78.6 Å². The van der Waals surface area contributed by atoms with Crippen molar-refractivity contribution in [3.63, 3.8) is 0 Å². The van der Waals surface area contributed by atoms with Gasteiger partial charge in [0.15, 0.2) is 0 Å². The second-order valence-electron chi connectivity index (χ2n) is 4.44. The minimum absolute atomic E-state index is 0. The number of nitrogens with zero attached hydrogens (tertiary/aromatic N) is 2. The molecule has 0 aliphatic carbocycles. The molecule has 6 nitrogen and oxygen atoms in total. The Morgan fingerprint density at radius 1 is 1.45 bits per heavy atom. The zero-order chi connectivity index (χ0) is 13.8. The molecular weight excluding hydrogens is 289 g/mol. The quantitative estimate of drug-likeness (QED) is 0.643. The van der Waals surface area contributed by atoms with Gasteiger partial charge in [-0.3, -0.25) is 15.0 Å². The van der Waals surface area contributed by atoms with Crippen molar-refractivity contribution in [3.05, 3.63) is 39.7 Å². The van der Waals surface area contributed by atoms with Gasteiger partial charge in [0, 0.05) is 31.7 Å². The van der Waals surface area contributed by atoms with Crippen LogP contribution < -0.4 is 5.32 Å². The first kappa shape index (κ1) is 16.8. The van der Waals surface area contributed by atoms with E-state index < -0.39 is 16.8 Å². The van der Waals surface area contributed by atoms with Crippen LogP contribution in [0.25, 0.3) is 0 Å². The van der Waals surface area contributed by atoms with Gasteiger partial charge in [-0.25, -0.2) is 4.39 Å². The maximum atomic E-state index is 13.1. The molecule has 1 aliphatic heterocycles. The molecule has 20 heavy (non-hydrogen) atoms. The van der Waals surface area contributed by atoms with E-state index in [2.05, 4.69) is 5.32 Å². The zero-order valence-electron chi connectivity index (χ0n) is 10.8. The molecular formula is C12H17ClFN3O3. The summed E-state index contributed by atoms with van der Waals surface area (Å²) in [7, 11) is 0. The summed E-state index contributed by atoms with van der Waals surface area (Å²) in [5, 5.41) is 23.7. The predicted octanol–water partition coefficient (Wildman–Crippen LogP) is 1.09. The van der Waals surface area contributed by atoms with Gasteiger partial charge in [0.05, 0.1) is 23.6 Å². The fourth-order valence-electron chi connectivity index (χ4n) is 2.36. The fraction of sp³-hybridized carbons (Fsp3) is 0.500. The molecule has 1 aromatic carbocycles. The van der Waals surface area contributed by atoms with Crippen molar-refractivity contribution < 1.29 is 14.4 Å². The lowest BCUT2D eigenvalue weighted by Gasteiger charge is -2.33. The molecule has 0 saturated carbocycles. The highest BCUT2D eigenvalue weighted by Gasteiger charge is 2.28. The molecule has 1 aliphatic rings. The van der Waals surface area contributed by atoms with Gasteiger partial charge in [-0.2, -0.15) is 0 Å². The minimum Gasteiger partial charge on any atom is -0.394 e. The van der Waals surface area contributed by atoms with Crippen LogP contribution in [0.15, 0.2) is 18.2 Å². The number of benzene rings is 1. The van der Waals surface area contributed by atoms with E-state index in [1.165, 1.54) is 12.1 Å². The summed E-state index contributed by atoms with van der Waals surface area (Å²) in [5.41, 5.74) is 0.0772. The molecule has 0 amide bonds. The normalized spacial score (nSPS) is 17.3. The second kappa shape index (κ2) is 7.49. The van der Waals surface area contributed by atoms with Crippen molar-refractivity contribution in [2.75, 3.05) is 32.8 Å². The summed E-state index contributed by atoms with van der Waals surface area (Å²) in [4.78, 5) is 12.4. The Labute approximate surface area is 122 Å². The molecule has 1 fully saturated rings. The summed E-state index contributed by atoms with van der Waals surface area (Å²) in [6.07, 6.45) is 0. The Kier molecular flexibility index (Phi) is 6.28. The van der Waals surface area contributed by atoms with Crippen molar-refractivity contribution >= 4 is 18.1 Å². The summed E-state index contributed by atoms with van der Waals surface area (Å²) in [5.74, 6) is -0.646. The molecule has 0 aromatic heterocycles. The van der Waals surface area contributed by atoms with Crippen LogP contribution in [0.4, 0.5) is 10.1 Å². The van der Waals surface area contributed by atoms with Crippen molar-refractivity contribution in [1.82, 2.24) is 10.2 Å². The van der Waals surface area contributed by atoms with Gasteiger partial charge in [-0.05, 0) is 12.1 Å². The van der Waals surface area contributed by atoms with Crippen molar-refractivity contribution in [2.45, 2.75) is 6.04 Å². The SMILES string of the molecule is Cl.O=[N+]([O-])c1cc(F)ccc1[C@@H](CO)N1CCNCC1. The molecule has 112 valence electrons. The number of rotatable bonds is 4. The third-order valence-corrected chi connectivity index (χ3v) is 3.31. The van der Waals surface area contributed by atoms with E-state index in [9.17, 15) is 19.6 Å². The number of hydrogen-bond acceptors (Lipinski definition) is 5. The predicted molar refractivity (Wildman–Crippen MR) is 74.6 cm³/mol. The van der Waals surface area contributed by atoms with Crippen molar-refractivity contribution in [2.24, 2.45) is 0 Å². The highest BCUT2D eigenvalue weighted by atomic mass is 35.5. The van der Waals surface area contributed by atoms with Crippen molar-refractivity contribution in [3.8, 4) is 0 Å². The maximum Gasteiger partial charge on any atom is 0.277 e. The summed E-state index contributed by atoms with van der Waals surface area (Å²) in [6, 6.07) is 3.01. The highest BCUT2D eigenvalue weighted by molar-refractivity contribution is 5.85. The lowest BCUT2D eigenvalue weighted by Crippen LogP contribution is -2.46. The third-order valence-electron chi connectivity index (χ3n) is 3.31. The first-order valence-corrected chi connectivity index (χ1v) is 6.13. The van der Waals surface area contributed by atoms with Crippen LogP contribution in [0.5, 0.6) is 0 Å². The Bertz CT molecular complexity index is 469. The molecule has 8 heteroatoms. The van der Waals surface area contributed by atoms with E-state index in [1.807, 2.05) is 4.90 Å². The van der Waals surface area contributed by atoms with Gasteiger partial charge in [-0.15, -0.1) is 12.4 Å². The van der Waals surface area contributed by atoms with Crippen LogP contribution >= 0.6 is 12.4 Å². The number of nitrogens with one attached hydrogen (secondary N) is 1. The van der Waals surface area contributed by atoms with Gasteiger partial charge >= 0.3 is 0 Å². The molecule has 0 spiro atoms. The number of aliphatic hydroxyl groups excluding tert-OH is 1. The number of hydrogen-bond donors (Lipinski definition) is 2. The van der Waals surface area contributed by atoms with E-state index in [1.54, 1.807) is 0 Å². The summed E-state index contributed by atoms with van der Waals surface area (Å²) in [6.45, 7) is 2.70. The first-order valence-electron chi connectivity index (χ1n) is 6.13. The molecule has 0 radical (unpaired) electrons. The van der Waals surface area contributed by atoms with Gasteiger partial charge in [0.2, 0.25) is 0 Å². The number of piperazine rings is 1. The average Bonchev–Trinajstić information content (AvgIpc) is 2.42. The average molecular weight is 306 g/mol. The monoisotopic (exact) mass is 305 g/mol. The van der Waals surface area contributed by atoms with Crippen LogP contribution in [0, 0.1) is 15.9 Å². The maximum absolute atomic E-state index is 13.1. The van der Waals surface area contributed by atoms with E-state index >= 15 is 0 Å². The summed E-state index contributed by atoms with van der Waals surface area (Å²) < 4.78 is 13.1. The van der Waals surface area contributed by atoms with E-state index in [4.69, 9.17) is 0 Å². The molecule has 1 saturated heterocycles. The van der Waals surface area contributed by atoms with Crippen LogP contribution in [0.3, 0.4) is 0 Å². The van der Waals surface area contributed by atoms with Gasteiger partial charge < -0.3 is 10.4 Å². The smallest absolute Gasteiger partial charge is 0.277 e. The molecule has 2 N–H and O–H groups in total. The number of nitro groups is 1. The molecule has 0 bridgehead atoms. The fourth-order valence-corrected chi connectivity index (χ4v) is 2.36. The molecule has 1 aromatic rings. The Hall–Kier alpha value is -1.28. The van der Waals surface area contributed by atoms with Gasteiger partial charge in [0.25, 0.3) is 5.69 Å². The van der Waals surface area contributed by atoms with Crippen LogP contribution in [-0.2, 0) is 0 Å². The Morgan fingerprint density at radius 2 is 2.10 bits per heavy atom. The molecule has 1 atom stereocenters. The number of aliphatic hydroxyl groups is 1. The van der Waals surface area contributed by atoms with Gasteiger partial charge in [-0.1, -0.05) is 0 Å². The van der Waals surface area contributed by atoms with Crippen LogP contribution in [0.2, 0.25) is 0 Å². The van der Waals surface area contributed by atoms with E-state index in [0.717, 1.165) is 19.2 Å². The lowest BCUT2D eigenvalue weighted by molar-refractivity contribution is -0.386. The number of halogens is 2. The number of nitro benzene ring substituents is 1. The lowest BCUT2D eigenvalue weighted by atomic mass is 10.0. The van der Waals surface area contributed by atoms with Crippen molar-refractivity contribution in [1.29, 1.82) is 0 Å². The van der Waals surface area contributed by atoms with E-state index in [-0.39, 0.29) is 24.7 Å². The van der Waals surface area contributed by atoms with Gasteiger partial charge in [0.1, 0.15) is 5.82 Å². The van der Waals surface area contributed by atoms with E-state index in [0.29, 0.717) is 18.7 Å².